The van der Waals surface area contributed by atoms with Crippen molar-refractivity contribution in [3.8, 4) is 0 Å². The van der Waals surface area contributed by atoms with Gasteiger partial charge in [-0.2, -0.15) is 0 Å². The number of H-pyrrole nitrogens is 1. The molecule has 0 radical (unpaired) electrons. The van der Waals surface area contributed by atoms with Crippen LogP contribution in [0.15, 0.2) is 12.7 Å². The minimum atomic E-state index is -0.781. The molecule has 0 spiro atoms. The number of imidazole rings is 1. The van der Waals surface area contributed by atoms with E-state index in [1.54, 1.807) is 6.33 Å². The Morgan fingerprint density at radius 3 is 3.00 bits per heavy atom. The number of nitrogens with zero attached hydrogens (tertiary/aromatic N) is 5. The van der Waals surface area contributed by atoms with Gasteiger partial charge in [0, 0.05) is 26.2 Å². The van der Waals surface area contributed by atoms with Crippen molar-refractivity contribution in [2.75, 3.05) is 37.6 Å². The van der Waals surface area contributed by atoms with Crippen molar-refractivity contribution < 1.29 is 9.90 Å². The maximum atomic E-state index is 10.8. The Morgan fingerprint density at radius 1 is 1.25 bits per heavy atom. The second kappa shape index (κ2) is 5.41. The number of carbonyl (C=O) groups is 1. The van der Waals surface area contributed by atoms with E-state index >= 15 is 0 Å². The standard InChI is InChI=1S/C12H16N6O2/c19-9(20)6-17-2-1-3-18(5-4-17)12-10-11(14-7-13-10)15-8-16-12/h7-8H,1-6H2,(H,19,20)(H,13,14,15,16). The topological polar surface area (TPSA) is 98.2 Å². The summed E-state index contributed by atoms with van der Waals surface area (Å²) < 4.78 is 0. The molecule has 1 aliphatic rings. The summed E-state index contributed by atoms with van der Waals surface area (Å²) in [6, 6.07) is 0. The summed E-state index contributed by atoms with van der Waals surface area (Å²) in [5, 5.41) is 8.86. The van der Waals surface area contributed by atoms with Crippen molar-refractivity contribution in [2.45, 2.75) is 6.42 Å². The van der Waals surface area contributed by atoms with Gasteiger partial charge in [-0.1, -0.05) is 0 Å². The number of rotatable bonds is 3. The van der Waals surface area contributed by atoms with Gasteiger partial charge in [0.25, 0.3) is 0 Å². The van der Waals surface area contributed by atoms with Crippen LogP contribution >= 0.6 is 0 Å². The van der Waals surface area contributed by atoms with E-state index in [2.05, 4.69) is 24.8 Å². The zero-order valence-corrected chi connectivity index (χ0v) is 11.0. The SMILES string of the molecule is O=C(O)CN1CCCN(c2ncnc3nc[nH]c23)CC1. The van der Waals surface area contributed by atoms with Crippen molar-refractivity contribution in [2.24, 2.45) is 0 Å². The largest absolute Gasteiger partial charge is 0.480 e. The second-order valence-electron chi connectivity index (χ2n) is 4.81. The van der Waals surface area contributed by atoms with E-state index in [1.165, 1.54) is 6.33 Å². The van der Waals surface area contributed by atoms with Gasteiger partial charge in [0.15, 0.2) is 11.5 Å². The van der Waals surface area contributed by atoms with Crippen LogP contribution in [-0.2, 0) is 4.79 Å². The molecular weight excluding hydrogens is 260 g/mol. The van der Waals surface area contributed by atoms with Crippen molar-refractivity contribution in [3.63, 3.8) is 0 Å². The lowest BCUT2D eigenvalue weighted by Crippen LogP contribution is -2.34. The average Bonchev–Trinajstić information content (AvgIpc) is 2.79. The molecule has 0 aromatic carbocycles. The number of carboxylic acids is 1. The Balaban J connectivity index is 1.78. The maximum absolute atomic E-state index is 10.8. The van der Waals surface area contributed by atoms with Crippen LogP contribution in [-0.4, -0.2) is 68.6 Å². The maximum Gasteiger partial charge on any atom is 0.317 e. The number of aliphatic carboxylic acids is 1. The summed E-state index contributed by atoms with van der Waals surface area (Å²) >= 11 is 0. The predicted molar refractivity (Wildman–Crippen MR) is 72.6 cm³/mol. The summed E-state index contributed by atoms with van der Waals surface area (Å²) in [6.45, 7) is 3.20. The van der Waals surface area contributed by atoms with Gasteiger partial charge in [-0.15, -0.1) is 0 Å². The van der Waals surface area contributed by atoms with E-state index in [0.717, 1.165) is 37.4 Å². The second-order valence-corrected chi connectivity index (χ2v) is 4.81. The monoisotopic (exact) mass is 276 g/mol. The van der Waals surface area contributed by atoms with Gasteiger partial charge >= 0.3 is 5.97 Å². The molecule has 8 nitrogen and oxygen atoms in total. The number of hydrogen-bond donors (Lipinski definition) is 2. The predicted octanol–water partition coefficient (Wildman–Crippen LogP) is -0.0504. The van der Waals surface area contributed by atoms with Crippen molar-refractivity contribution in [3.05, 3.63) is 12.7 Å². The van der Waals surface area contributed by atoms with E-state index in [4.69, 9.17) is 5.11 Å². The third-order valence-electron chi connectivity index (χ3n) is 3.45. The van der Waals surface area contributed by atoms with E-state index in [1.807, 2.05) is 4.90 Å². The number of nitrogens with one attached hydrogen (secondary N) is 1. The van der Waals surface area contributed by atoms with Gasteiger partial charge in [0.2, 0.25) is 0 Å². The van der Waals surface area contributed by atoms with E-state index in [0.29, 0.717) is 12.2 Å². The van der Waals surface area contributed by atoms with Crippen molar-refractivity contribution >= 4 is 23.0 Å². The fraction of sp³-hybridized carbons (Fsp3) is 0.500. The Labute approximate surface area is 115 Å². The number of fused-ring (bicyclic) bond motifs is 1. The highest BCUT2D eigenvalue weighted by Gasteiger charge is 2.19. The Hall–Kier alpha value is -2.22. The van der Waals surface area contributed by atoms with Crippen LogP contribution in [0.1, 0.15) is 6.42 Å². The van der Waals surface area contributed by atoms with Gasteiger partial charge < -0.3 is 15.0 Å². The molecule has 1 aliphatic heterocycles. The summed E-state index contributed by atoms with van der Waals surface area (Å²) in [7, 11) is 0. The molecule has 0 unspecified atom stereocenters. The zero-order chi connectivity index (χ0) is 13.9. The smallest absolute Gasteiger partial charge is 0.317 e. The molecule has 0 saturated carbocycles. The molecule has 3 rings (SSSR count). The molecule has 3 heterocycles. The van der Waals surface area contributed by atoms with Crippen LogP contribution < -0.4 is 4.90 Å². The molecule has 0 aliphatic carbocycles. The van der Waals surface area contributed by atoms with E-state index in [9.17, 15) is 4.79 Å². The molecule has 0 amide bonds. The highest BCUT2D eigenvalue weighted by molar-refractivity contribution is 5.82. The quantitative estimate of drug-likeness (QED) is 0.811. The number of carboxylic acid groups (broad SMARTS) is 1. The lowest BCUT2D eigenvalue weighted by molar-refractivity contribution is -0.138. The first-order chi connectivity index (χ1) is 9.74. The zero-order valence-electron chi connectivity index (χ0n) is 11.0. The minimum absolute atomic E-state index is 0.0943. The molecule has 0 bridgehead atoms. The van der Waals surface area contributed by atoms with Gasteiger partial charge in [-0.25, -0.2) is 15.0 Å². The van der Waals surface area contributed by atoms with Crippen LogP contribution in [0.3, 0.4) is 0 Å². The first-order valence-electron chi connectivity index (χ1n) is 6.57. The van der Waals surface area contributed by atoms with E-state index in [-0.39, 0.29) is 6.54 Å². The molecule has 106 valence electrons. The fourth-order valence-electron chi connectivity index (χ4n) is 2.52. The normalized spacial score (nSPS) is 17.3. The number of hydrogen-bond acceptors (Lipinski definition) is 6. The van der Waals surface area contributed by atoms with Gasteiger partial charge in [0.1, 0.15) is 11.8 Å². The number of anilines is 1. The van der Waals surface area contributed by atoms with E-state index < -0.39 is 5.97 Å². The number of aromatic amines is 1. The Kier molecular flexibility index (Phi) is 3.46. The first-order valence-corrected chi connectivity index (χ1v) is 6.57. The van der Waals surface area contributed by atoms with Crippen LogP contribution in [0.25, 0.3) is 11.2 Å². The third kappa shape index (κ3) is 2.55. The summed E-state index contributed by atoms with van der Waals surface area (Å²) in [5.74, 6) is 0.0566. The summed E-state index contributed by atoms with van der Waals surface area (Å²) in [6.07, 6.45) is 4.03. The number of aromatic nitrogens is 4. The summed E-state index contributed by atoms with van der Waals surface area (Å²) in [4.78, 5) is 30.5. The fourth-order valence-corrected chi connectivity index (χ4v) is 2.52. The van der Waals surface area contributed by atoms with Gasteiger partial charge in [-0.05, 0) is 6.42 Å². The van der Waals surface area contributed by atoms with Crippen molar-refractivity contribution in [1.82, 2.24) is 24.8 Å². The molecule has 2 aromatic heterocycles. The molecule has 0 atom stereocenters. The highest BCUT2D eigenvalue weighted by Crippen LogP contribution is 2.20. The minimum Gasteiger partial charge on any atom is -0.480 e. The molecule has 1 fully saturated rings. The molecule has 2 aromatic rings. The lowest BCUT2D eigenvalue weighted by Gasteiger charge is -2.22. The van der Waals surface area contributed by atoms with Crippen molar-refractivity contribution in [1.29, 1.82) is 0 Å². The van der Waals surface area contributed by atoms with Crippen LogP contribution in [0.5, 0.6) is 0 Å². The Morgan fingerprint density at radius 2 is 2.15 bits per heavy atom. The lowest BCUT2D eigenvalue weighted by atomic mass is 10.3. The molecule has 20 heavy (non-hydrogen) atoms. The van der Waals surface area contributed by atoms with Crippen LogP contribution in [0.2, 0.25) is 0 Å². The van der Waals surface area contributed by atoms with Crippen LogP contribution in [0.4, 0.5) is 5.82 Å². The summed E-state index contributed by atoms with van der Waals surface area (Å²) in [5.41, 5.74) is 1.49. The molecular formula is C12H16N6O2. The Bertz CT molecular complexity index is 613. The highest BCUT2D eigenvalue weighted by atomic mass is 16.4. The van der Waals surface area contributed by atoms with Gasteiger partial charge in [-0.3, -0.25) is 9.69 Å². The molecule has 8 heteroatoms. The molecule has 1 saturated heterocycles. The average molecular weight is 276 g/mol. The van der Waals surface area contributed by atoms with Gasteiger partial charge in [0.05, 0.1) is 12.9 Å². The first kappa shape index (κ1) is 12.8. The third-order valence-corrected chi connectivity index (χ3v) is 3.45. The van der Waals surface area contributed by atoms with Crippen LogP contribution in [0, 0.1) is 0 Å². The molecule has 2 N–H and O–H groups in total.